The van der Waals surface area contributed by atoms with Crippen LogP contribution in [0.3, 0.4) is 0 Å². The van der Waals surface area contributed by atoms with E-state index >= 15 is 0 Å². The number of hydrogen-bond donors (Lipinski definition) is 0. The van der Waals surface area contributed by atoms with E-state index in [1.807, 2.05) is 6.92 Å². The molecule has 0 bridgehead atoms. The second-order valence-corrected chi connectivity index (χ2v) is 6.80. The lowest BCUT2D eigenvalue weighted by Gasteiger charge is -2.14. The highest BCUT2D eigenvalue weighted by Gasteiger charge is 2.34. The monoisotopic (exact) mass is 284 g/mol. The van der Waals surface area contributed by atoms with Crippen molar-refractivity contribution in [3.63, 3.8) is 0 Å². The topological polar surface area (TPSA) is 43.4 Å². The molecule has 1 fully saturated rings. The lowest BCUT2D eigenvalue weighted by molar-refractivity contribution is 0.126. The van der Waals surface area contributed by atoms with Gasteiger partial charge in [0.2, 0.25) is 0 Å². The van der Waals surface area contributed by atoms with Crippen molar-refractivity contribution in [2.75, 3.05) is 17.7 Å². The van der Waals surface area contributed by atoms with Crippen molar-refractivity contribution >= 4 is 25.8 Å². The normalized spacial score (nSPS) is 28.1. The molecular weight excluding hydrogens is 268 g/mol. The summed E-state index contributed by atoms with van der Waals surface area (Å²) in [5.41, 5.74) is 0. The molecule has 1 aliphatic heterocycles. The van der Waals surface area contributed by atoms with Crippen LogP contribution >= 0.6 is 15.9 Å². The summed E-state index contributed by atoms with van der Waals surface area (Å²) >= 11 is 3.29. The zero-order chi connectivity index (χ0) is 10.6. The van der Waals surface area contributed by atoms with E-state index in [1.54, 1.807) is 0 Å². The number of unbranched alkanes of at least 4 members (excludes halogenated alkanes) is 1. The van der Waals surface area contributed by atoms with Gasteiger partial charge in [-0.3, -0.25) is 0 Å². The van der Waals surface area contributed by atoms with Crippen molar-refractivity contribution in [1.82, 2.24) is 0 Å². The Bertz CT molecular complexity index is 263. The molecule has 0 saturated carbocycles. The van der Waals surface area contributed by atoms with Gasteiger partial charge in [-0.2, -0.15) is 0 Å². The summed E-state index contributed by atoms with van der Waals surface area (Å²) in [6.07, 6.45) is 2.21. The largest absolute Gasteiger partial charge is 0.377 e. The van der Waals surface area contributed by atoms with E-state index < -0.39 is 9.84 Å². The van der Waals surface area contributed by atoms with Crippen molar-refractivity contribution in [1.29, 1.82) is 0 Å². The standard InChI is InChI=1S/C9H17BrO3S/c1-8-9(4-6-13-8)14(11,12)7-3-2-5-10/h8-9H,2-7H2,1H3. The molecule has 1 aliphatic rings. The van der Waals surface area contributed by atoms with E-state index in [-0.39, 0.29) is 11.4 Å². The second kappa shape index (κ2) is 5.47. The first-order chi connectivity index (χ1) is 6.58. The minimum atomic E-state index is -2.93. The molecule has 14 heavy (non-hydrogen) atoms. The predicted molar refractivity (Wildman–Crippen MR) is 60.6 cm³/mol. The van der Waals surface area contributed by atoms with Gasteiger partial charge < -0.3 is 4.74 Å². The van der Waals surface area contributed by atoms with Gasteiger partial charge in [-0.1, -0.05) is 15.9 Å². The fourth-order valence-electron chi connectivity index (χ4n) is 1.73. The Hall–Kier alpha value is 0.390. The van der Waals surface area contributed by atoms with E-state index in [0.29, 0.717) is 18.8 Å². The molecule has 2 unspecified atom stereocenters. The third-order valence-electron chi connectivity index (χ3n) is 2.58. The molecule has 1 saturated heterocycles. The lowest BCUT2D eigenvalue weighted by Crippen LogP contribution is -2.30. The van der Waals surface area contributed by atoms with Crippen LogP contribution in [0.1, 0.15) is 26.2 Å². The molecule has 1 heterocycles. The van der Waals surface area contributed by atoms with Crippen LogP contribution in [0.25, 0.3) is 0 Å². The number of sulfone groups is 1. The molecule has 0 aromatic carbocycles. The molecule has 0 aromatic heterocycles. The van der Waals surface area contributed by atoms with Gasteiger partial charge in [0.1, 0.15) is 0 Å². The first-order valence-corrected chi connectivity index (χ1v) is 7.81. The fraction of sp³-hybridized carbons (Fsp3) is 1.00. The van der Waals surface area contributed by atoms with Crippen LogP contribution in [0.15, 0.2) is 0 Å². The minimum absolute atomic E-state index is 0.121. The number of hydrogen-bond acceptors (Lipinski definition) is 3. The molecule has 2 atom stereocenters. The van der Waals surface area contributed by atoms with Gasteiger partial charge in [0, 0.05) is 11.9 Å². The SMILES string of the molecule is CC1OCCC1S(=O)(=O)CCCCBr. The molecule has 3 nitrogen and oxygen atoms in total. The highest BCUT2D eigenvalue weighted by atomic mass is 79.9. The fourth-order valence-corrected chi connectivity index (χ4v) is 4.16. The maximum absolute atomic E-state index is 11.8. The van der Waals surface area contributed by atoms with Crippen LogP contribution in [0, 0.1) is 0 Å². The Morgan fingerprint density at radius 1 is 1.43 bits per heavy atom. The van der Waals surface area contributed by atoms with Crippen LogP contribution in [0.4, 0.5) is 0 Å². The number of alkyl halides is 1. The Morgan fingerprint density at radius 3 is 2.64 bits per heavy atom. The Kier molecular flexibility index (Phi) is 4.87. The van der Waals surface area contributed by atoms with Gasteiger partial charge in [0.15, 0.2) is 9.84 Å². The molecule has 5 heteroatoms. The number of halogens is 1. The average molecular weight is 285 g/mol. The van der Waals surface area contributed by atoms with Crippen molar-refractivity contribution in [3.8, 4) is 0 Å². The molecule has 1 rings (SSSR count). The van der Waals surface area contributed by atoms with E-state index in [1.165, 1.54) is 0 Å². The summed E-state index contributed by atoms with van der Waals surface area (Å²) in [7, 11) is -2.93. The first-order valence-electron chi connectivity index (χ1n) is 4.97. The van der Waals surface area contributed by atoms with Crippen LogP contribution in [-0.4, -0.2) is 37.5 Å². The van der Waals surface area contributed by atoms with Crippen molar-refractivity contribution in [2.24, 2.45) is 0 Å². The summed E-state index contributed by atoms with van der Waals surface area (Å²) in [5.74, 6) is 0.303. The Morgan fingerprint density at radius 2 is 2.14 bits per heavy atom. The summed E-state index contributed by atoms with van der Waals surface area (Å²) in [6, 6.07) is 0. The molecule has 0 aromatic rings. The molecular formula is C9H17BrO3S. The molecule has 0 aliphatic carbocycles. The summed E-state index contributed by atoms with van der Waals surface area (Å²) in [4.78, 5) is 0. The van der Waals surface area contributed by atoms with Crippen LogP contribution in [0.2, 0.25) is 0 Å². The minimum Gasteiger partial charge on any atom is -0.377 e. The van der Waals surface area contributed by atoms with Gasteiger partial charge in [-0.25, -0.2) is 8.42 Å². The van der Waals surface area contributed by atoms with E-state index in [9.17, 15) is 8.42 Å². The maximum Gasteiger partial charge on any atom is 0.155 e. The quantitative estimate of drug-likeness (QED) is 0.571. The highest BCUT2D eigenvalue weighted by molar-refractivity contribution is 9.09. The molecule has 0 N–H and O–H groups in total. The van der Waals surface area contributed by atoms with Crippen molar-refractivity contribution in [2.45, 2.75) is 37.5 Å². The summed E-state index contributed by atoms with van der Waals surface area (Å²) < 4.78 is 28.9. The number of ether oxygens (including phenoxy) is 1. The zero-order valence-electron chi connectivity index (χ0n) is 8.41. The highest BCUT2D eigenvalue weighted by Crippen LogP contribution is 2.22. The molecule has 84 valence electrons. The van der Waals surface area contributed by atoms with Crippen LogP contribution < -0.4 is 0 Å². The Labute approximate surface area is 94.3 Å². The third-order valence-corrected chi connectivity index (χ3v) is 5.54. The van der Waals surface area contributed by atoms with Crippen LogP contribution in [-0.2, 0) is 14.6 Å². The third kappa shape index (κ3) is 3.21. The maximum atomic E-state index is 11.8. The molecule has 0 amide bonds. The van der Waals surface area contributed by atoms with Gasteiger partial charge >= 0.3 is 0 Å². The van der Waals surface area contributed by atoms with Gasteiger partial charge in [-0.05, 0) is 26.2 Å². The van der Waals surface area contributed by atoms with Crippen LogP contribution in [0.5, 0.6) is 0 Å². The lowest BCUT2D eigenvalue weighted by atomic mass is 10.3. The van der Waals surface area contributed by atoms with Gasteiger partial charge in [0.25, 0.3) is 0 Å². The average Bonchev–Trinajstić information content (AvgIpc) is 2.52. The van der Waals surface area contributed by atoms with E-state index in [2.05, 4.69) is 15.9 Å². The van der Waals surface area contributed by atoms with Gasteiger partial charge in [-0.15, -0.1) is 0 Å². The molecule has 0 radical (unpaired) electrons. The van der Waals surface area contributed by atoms with E-state index in [4.69, 9.17) is 4.74 Å². The predicted octanol–water partition coefficient (Wildman–Crippen LogP) is 1.75. The van der Waals surface area contributed by atoms with Gasteiger partial charge in [0.05, 0.1) is 17.1 Å². The smallest absolute Gasteiger partial charge is 0.155 e. The summed E-state index contributed by atoms with van der Waals surface area (Å²) in [5, 5.41) is 0.608. The first kappa shape index (κ1) is 12.5. The Balaban J connectivity index is 2.47. The second-order valence-electron chi connectivity index (χ2n) is 3.67. The summed E-state index contributed by atoms with van der Waals surface area (Å²) in [6.45, 7) is 2.43. The van der Waals surface area contributed by atoms with Crippen molar-refractivity contribution in [3.05, 3.63) is 0 Å². The van der Waals surface area contributed by atoms with E-state index in [0.717, 1.165) is 18.2 Å². The zero-order valence-corrected chi connectivity index (χ0v) is 10.8. The number of rotatable bonds is 5. The molecule has 0 spiro atoms. The van der Waals surface area contributed by atoms with Crippen molar-refractivity contribution < 1.29 is 13.2 Å².